The Hall–Kier alpha value is -1.86. The van der Waals surface area contributed by atoms with Crippen LogP contribution in [0, 0.1) is 28.6 Å². The van der Waals surface area contributed by atoms with E-state index < -0.39 is 58.4 Å². The van der Waals surface area contributed by atoms with Gasteiger partial charge in [0.2, 0.25) is 5.78 Å². The fourth-order valence-corrected chi connectivity index (χ4v) is 7.42. The van der Waals surface area contributed by atoms with E-state index in [4.69, 9.17) is 4.74 Å². The van der Waals surface area contributed by atoms with E-state index in [0.717, 1.165) is 0 Å². The van der Waals surface area contributed by atoms with Crippen molar-refractivity contribution in [3.63, 3.8) is 0 Å². The topological polar surface area (TPSA) is 101 Å². The van der Waals surface area contributed by atoms with Crippen molar-refractivity contribution in [3.05, 3.63) is 23.8 Å². The molecule has 0 aromatic rings. The molecule has 0 aromatic heterocycles. The molecule has 4 aliphatic carbocycles. The van der Waals surface area contributed by atoms with Crippen LogP contribution in [0.25, 0.3) is 0 Å². The van der Waals surface area contributed by atoms with Crippen LogP contribution in [0.3, 0.4) is 0 Å². The lowest BCUT2D eigenvalue weighted by molar-refractivity contribution is -0.219. The fraction of sp³-hybridized carbons (Fsp3) is 0.708. The summed E-state index contributed by atoms with van der Waals surface area (Å²) in [4.78, 5) is 36.2. The van der Waals surface area contributed by atoms with Gasteiger partial charge in [0.15, 0.2) is 18.1 Å². The Labute approximate surface area is 181 Å². The van der Waals surface area contributed by atoms with Gasteiger partial charge in [-0.2, -0.15) is 0 Å². The van der Waals surface area contributed by atoms with Crippen LogP contribution in [0.2, 0.25) is 0 Å². The molecule has 0 radical (unpaired) electrons. The van der Waals surface area contributed by atoms with Gasteiger partial charge in [-0.25, -0.2) is 4.39 Å². The van der Waals surface area contributed by atoms with Crippen LogP contribution in [0.4, 0.5) is 4.39 Å². The van der Waals surface area contributed by atoms with E-state index in [-0.39, 0.29) is 18.1 Å². The van der Waals surface area contributed by atoms with E-state index >= 15 is 4.39 Å². The lowest BCUT2D eigenvalue weighted by Gasteiger charge is -2.62. The maximum atomic E-state index is 17.0. The third-order valence-corrected chi connectivity index (χ3v) is 9.05. The quantitative estimate of drug-likeness (QED) is 0.662. The van der Waals surface area contributed by atoms with Crippen LogP contribution in [-0.4, -0.2) is 51.7 Å². The van der Waals surface area contributed by atoms with Crippen molar-refractivity contribution in [3.8, 4) is 0 Å². The summed E-state index contributed by atoms with van der Waals surface area (Å²) in [5.41, 5.74) is -5.33. The first-order valence-corrected chi connectivity index (χ1v) is 11.0. The van der Waals surface area contributed by atoms with Gasteiger partial charge < -0.3 is 14.9 Å². The maximum Gasteiger partial charge on any atom is 0.303 e. The minimum Gasteiger partial charge on any atom is -0.458 e. The Morgan fingerprint density at radius 1 is 1.29 bits per heavy atom. The van der Waals surface area contributed by atoms with Crippen molar-refractivity contribution < 1.29 is 33.7 Å². The summed E-state index contributed by atoms with van der Waals surface area (Å²) < 4.78 is 21.9. The number of aliphatic hydroxyl groups is 2. The number of ketones is 2. The standard InChI is InChI=1S/C24H31FO6/c1-13-9-18-17-6-5-15-10-16(27)7-8-21(15,3)23(17,25)19(28)11-22(18,4)24(13,30)20(29)12-31-14(2)26/h7-8,10,13,17-19,28,30H,5-6,9,11-12H2,1-4H3/t13?,17?,18?,19?,21-,22-,23-,24-/m0/s1. The van der Waals surface area contributed by atoms with Crippen molar-refractivity contribution in [1.29, 1.82) is 0 Å². The zero-order valence-electron chi connectivity index (χ0n) is 18.5. The number of alkyl halides is 1. The van der Waals surface area contributed by atoms with Crippen LogP contribution in [0.5, 0.6) is 0 Å². The van der Waals surface area contributed by atoms with Crippen LogP contribution < -0.4 is 0 Å². The zero-order chi connectivity index (χ0) is 23.0. The number of Topliss-reactive ketones (excluding diaryl/α,β-unsaturated/α-hetero) is 1. The Morgan fingerprint density at radius 3 is 2.61 bits per heavy atom. The molecule has 31 heavy (non-hydrogen) atoms. The molecule has 0 saturated heterocycles. The molecule has 3 fully saturated rings. The number of hydrogen-bond donors (Lipinski definition) is 2. The number of fused-ring (bicyclic) bond motifs is 5. The number of halogens is 1. The first-order valence-electron chi connectivity index (χ1n) is 11.0. The molecule has 2 N–H and O–H groups in total. The number of ether oxygens (including phenoxy) is 1. The molecule has 0 heterocycles. The lowest BCUT2D eigenvalue weighted by atomic mass is 9.44. The number of carbonyl (C=O) groups excluding carboxylic acids is 3. The van der Waals surface area contributed by atoms with Gasteiger partial charge in [-0.3, -0.25) is 14.4 Å². The highest BCUT2D eigenvalue weighted by Gasteiger charge is 2.75. The Morgan fingerprint density at radius 2 is 1.97 bits per heavy atom. The number of hydrogen-bond acceptors (Lipinski definition) is 6. The average molecular weight is 435 g/mol. The smallest absolute Gasteiger partial charge is 0.303 e. The second-order valence-corrected chi connectivity index (χ2v) is 10.4. The molecule has 8 atom stereocenters. The van der Waals surface area contributed by atoms with Gasteiger partial charge in [0, 0.05) is 23.7 Å². The van der Waals surface area contributed by atoms with Crippen LogP contribution in [0.15, 0.2) is 23.8 Å². The van der Waals surface area contributed by atoms with E-state index in [0.29, 0.717) is 24.8 Å². The minimum absolute atomic E-state index is 0.0953. The summed E-state index contributed by atoms with van der Waals surface area (Å²) >= 11 is 0. The van der Waals surface area contributed by atoms with Crippen molar-refractivity contribution in [2.75, 3.05) is 6.61 Å². The number of carbonyl (C=O) groups is 3. The molecule has 7 heteroatoms. The summed E-state index contributed by atoms with van der Waals surface area (Å²) in [5.74, 6) is -2.80. The van der Waals surface area contributed by atoms with Crippen molar-refractivity contribution in [2.45, 2.75) is 70.8 Å². The highest BCUT2D eigenvalue weighted by molar-refractivity contribution is 6.01. The Kier molecular flexibility index (Phi) is 4.91. The molecule has 170 valence electrons. The molecule has 6 nitrogen and oxygen atoms in total. The minimum atomic E-state index is -2.01. The van der Waals surface area contributed by atoms with Crippen LogP contribution in [0.1, 0.15) is 53.4 Å². The highest BCUT2D eigenvalue weighted by Crippen LogP contribution is 2.70. The van der Waals surface area contributed by atoms with Gasteiger partial charge >= 0.3 is 5.97 Å². The number of allylic oxidation sites excluding steroid dienone is 4. The monoisotopic (exact) mass is 434 g/mol. The first kappa shape index (κ1) is 22.3. The second kappa shape index (κ2) is 6.82. The molecule has 4 aliphatic rings. The molecule has 3 saturated carbocycles. The SMILES string of the molecule is CC(=O)OCC(=O)[C@@]1(O)C(C)CC2C3CCC4=CC(=O)C=C[C@]4(C)[C@@]3(F)C(O)C[C@@]21C. The summed E-state index contributed by atoms with van der Waals surface area (Å²) in [7, 11) is 0. The molecule has 0 aliphatic heterocycles. The third-order valence-electron chi connectivity index (χ3n) is 9.05. The lowest BCUT2D eigenvalue weighted by Crippen LogP contribution is -2.69. The Bertz CT molecular complexity index is 910. The van der Waals surface area contributed by atoms with Crippen molar-refractivity contribution in [2.24, 2.45) is 28.6 Å². The molecule has 0 spiro atoms. The van der Waals surface area contributed by atoms with E-state index in [1.165, 1.54) is 19.1 Å². The van der Waals surface area contributed by atoms with Gasteiger partial charge in [0.25, 0.3) is 0 Å². The largest absolute Gasteiger partial charge is 0.458 e. The zero-order valence-corrected chi connectivity index (χ0v) is 18.5. The summed E-state index contributed by atoms with van der Waals surface area (Å²) in [6.45, 7) is 5.89. The molecular formula is C24H31FO6. The molecule has 0 aromatic carbocycles. The summed E-state index contributed by atoms with van der Waals surface area (Å²) in [6, 6.07) is 0. The van der Waals surface area contributed by atoms with Crippen molar-refractivity contribution in [1.82, 2.24) is 0 Å². The molecular weight excluding hydrogens is 403 g/mol. The predicted molar refractivity (Wildman–Crippen MR) is 109 cm³/mol. The fourth-order valence-electron chi connectivity index (χ4n) is 7.42. The molecule has 0 bridgehead atoms. The molecule has 4 rings (SSSR count). The van der Waals surface area contributed by atoms with E-state index in [1.807, 2.05) is 0 Å². The van der Waals surface area contributed by atoms with Gasteiger partial charge in [-0.1, -0.05) is 25.5 Å². The van der Waals surface area contributed by atoms with Gasteiger partial charge in [-0.05, 0) is 56.6 Å². The van der Waals surface area contributed by atoms with Crippen LogP contribution >= 0.6 is 0 Å². The highest BCUT2D eigenvalue weighted by atomic mass is 19.1. The van der Waals surface area contributed by atoms with E-state index in [1.54, 1.807) is 26.8 Å². The average Bonchev–Trinajstić information content (AvgIpc) is 2.89. The summed E-state index contributed by atoms with van der Waals surface area (Å²) in [5, 5.41) is 22.9. The first-order chi connectivity index (χ1) is 14.3. The van der Waals surface area contributed by atoms with E-state index in [9.17, 15) is 24.6 Å². The van der Waals surface area contributed by atoms with Gasteiger partial charge in [-0.15, -0.1) is 0 Å². The third kappa shape index (κ3) is 2.65. The second-order valence-electron chi connectivity index (χ2n) is 10.4. The number of esters is 1. The normalized spacial score (nSPS) is 48.4. The molecule has 4 unspecified atom stereocenters. The Balaban J connectivity index is 1.76. The number of rotatable bonds is 3. The predicted octanol–water partition coefficient (Wildman–Crippen LogP) is 2.47. The molecule has 0 amide bonds. The van der Waals surface area contributed by atoms with Gasteiger partial charge in [0.05, 0.1) is 6.10 Å². The number of aliphatic hydroxyl groups excluding tert-OH is 1. The van der Waals surface area contributed by atoms with Crippen molar-refractivity contribution >= 4 is 17.5 Å². The van der Waals surface area contributed by atoms with Crippen LogP contribution in [-0.2, 0) is 19.1 Å². The maximum absolute atomic E-state index is 17.0. The summed E-state index contributed by atoms with van der Waals surface area (Å²) in [6.07, 6.45) is 4.29. The van der Waals surface area contributed by atoms with Gasteiger partial charge in [0.1, 0.15) is 5.60 Å². The van der Waals surface area contributed by atoms with E-state index in [2.05, 4.69) is 0 Å².